The van der Waals surface area contributed by atoms with Gasteiger partial charge < -0.3 is 15.0 Å². The monoisotopic (exact) mass is 352 g/mol. The van der Waals surface area contributed by atoms with Crippen LogP contribution in [0.3, 0.4) is 0 Å². The van der Waals surface area contributed by atoms with Gasteiger partial charge in [-0.1, -0.05) is 25.1 Å². The Bertz CT molecular complexity index is 815. The van der Waals surface area contributed by atoms with Crippen LogP contribution in [0.25, 0.3) is 0 Å². The number of nitrogens with zero attached hydrogens (tertiary/aromatic N) is 1. The Morgan fingerprint density at radius 1 is 1.23 bits per heavy atom. The highest BCUT2D eigenvalue weighted by molar-refractivity contribution is 5.98. The molecular formula is C21H24N2O3. The molecule has 0 aromatic heterocycles. The van der Waals surface area contributed by atoms with E-state index < -0.39 is 0 Å². The number of aryl methyl sites for hydroxylation is 1. The molecular weight excluding hydrogens is 328 g/mol. The van der Waals surface area contributed by atoms with Crippen molar-refractivity contribution in [1.82, 2.24) is 5.32 Å². The summed E-state index contributed by atoms with van der Waals surface area (Å²) in [5.74, 6) is 0.586. The fraction of sp³-hybridized carbons (Fsp3) is 0.333. The number of nitrogens with one attached hydrogen (secondary N) is 1. The molecule has 1 atom stereocenters. The number of carbonyl (C=O) groups is 2. The lowest BCUT2D eigenvalue weighted by atomic mass is 10.1. The molecule has 0 spiro atoms. The third kappa shape index (κ3) is 3.87. The second-order valence-electron chi connectivity index (χ2n) is 6.72. The summed E-state index contributed by atoms with van der Waals surface area (Å²) >= 11 is 0. The van der Waals surface area contributed by atoms with Crippen LogP contribution in [0.5, 0.6) is 5.75 Å². The molecule has 136 valence electrons. The number of rotatable bonds is 5. The van der Waals surface area contributed by atoms with E-state index in [1.165, 1.54) is 0 Å². The number of hydrogen-bond donors (Lipinski definition) is 1. The summed E-state index contributed by atoms with van der Waals surface area (Å²) in [5.41, 5.74) is 3.46. The molecule has 0 unspecified atom stereocenters. The Hall–Kier alpha value is -2.82. The van der Waals surface area contributed by atoms with Crippen LogP contribution in [0.15, 0.2) is 42.5 Å². The van der Waals surface area contributed by atoms with E-state index in [4.69, 9.17) is 4.74 Å². The summed E-state index contributed by atoms with van der Waals surface area (Å²) in [5, 5.41) is 2.95. The molecule has 1 heterocycles. The number of ether oxygens (including phenoxy) is 1. The van der Waals surface area contributed by atoms with Gasteiger partial charge in [0.15, 0.2) is 6.61 Å². The van der Waals surface area contributed by atoms with E-state index in [0.29, 0.717) is 12.1 Å². The summed E-state index contributed by atoms with van der Waals surface area (Å²) in [7, 11) is 0. The maximum atomic E-state index is 12.3. The molecule has 26 heavy (non-hydrogen) atoms. The van der Waals surface area contributed by atoms with Gasteiger partial charge in [-0.05, 0) is 55.7 Å². The van der Waals surface area contributed by atoms with E-state index in [2.05, 4.69) is 5.32 Å². The maximum Gasteiger partial charge on any atom is 0.265 e. The minimum atomic E-state index is -0.0748. The van der Waals surface area contributed by atoms with Crippen LogP contribution in [-0.4, -0.2) is 24.5 Å². The summed E-state index contributed by atoms with van der Waals surface area (Å²) in [6.07, 6.45) is 0.891. The SMILES string of the molecule is CC[C@H](C)NC(=O)c1ccc(CN2C(=O)COc3cc(C)ccc32)cc1. The molecule has 0 saturated heterocycles. The zero-order valence-corrected chi connectivity index (χ0v) is 15.4. The standard InChI is InChI=1S/C21H24N2O3/c1-4-15(3)22-21(25)17-8-6-16(7-9-17)12-23-18-10-5-14(2)11-19(18)26-13-20(23)24/h5-11,15H,4,12-13H2,1-3H3,(H,22,25)/t15-/m0/s1. The molecule has 0 radical (unpaired) electrons. The zero-order chi connectivity index (χ0) is 18.7. The molecule has 5 nitrogen and oxygen atoms in total. The predicted molar refractivity (Wildman–Crippen MR) is 102 cm³/mol. The van der Waals surface area contributed by atoms with Gasteiger partial charge in [-0.3, -0.25) is 9.59 Å². The second-order valence-corrected chi connectivity index (χ2v) is 6.72. The van der Waals surface area contributed by atoms with Crippen LogP contribution in [0, 0.1) is 6.92 Å². The van der Waals surface area contributed by atoms with E-state index in [1.807, 2.05) is 51.1 Å². The minimum absolute atomic E-state index is 0.0475. The van der Waals surface area contributed by atoms with Crippen molar-refractivity contribution in [3.8, 4) is 5.75 Å². The molecule has 1 N–H and O–H groups in total. The molecule has 1 aliphatic rings. The lowest BCUT2D eigenvalue weighted by Crippen LogP contribution is -2.38. The Morgan fingerprint density at radius 3 is 2.65 bits per heavy atom. The number of amides is 2. The Kier molecular flexibility index (Phi) is 5.26. The average Bonchev–Trinajstić information content (AvgIpc) is 2.64. The number of benzene rings is 2. The number of anilines is 1. The Balaban J connectivity index is 1.75. The highest BCUT2D eigenvalue weighted by Crippen LogP contribution is 2.33. The fourth-order valence-electron chi connectivity index (χ4n) is 2.84. The lowest BCUT2D eigenvalue weighted by Gasteiger charge is -2.29. The van der Waals surface area contributed by atoms with Crippen molar-refractivity contribution in [2.75, 3.05) is 11.5 Å². The molecule has 2 aromatic rings. The summed E-state index contributed by atoms with van der Waals surface area (Å²) in [4.78, 5) is 26.2. The van der Waals surface area contributed by atoms with Crippen LogP contribution in [0.4, 0.5) is 5.69 Å². The number of hydrogen-bond acceptors (Lipinski definition) is 3. The first-order valence-electron chi connectivity index (χ1n) is 8.91. The van der Waals surface area contributed by atoms with Crippen molar-refractivity contribution in [3.63, 3.8) is 0 Å². The van der Waals surface area contributed by atoms with Crippen molar-refractivity contribution in [2.45, 2.75) is 39.8 Å². The third-order valence-corrected chi connectivity index (χ3v) is 4.60. The van der Waals surface area contributed by atoms with Crippen LogP contribution < -0.4 is 15.0 Å². The van der Waals surface area contributed by atoms with Gasteiger partial charge in [-0.15, -0.1) is 0 Å². The van der Waals surface area contributed by atoms with Crippen LogP contribution in [-0.2, 0) is 11.3 Å². The van der Waals surface area contributed by atoms with Gasteiger partial charge in [0.25, 0.3) is 11.8 Å². The first-order valence-corrected chi connectivity index (χ1v) is 8.91. The van der Waals surface area contributed by atoms with Crippen molar-refractivity contribution in [3.05, 3.63) is 59.2 Å². The van der Waals surface area contributed by atoms with Crippen molar-refractivity contribution in [2.24, 2.45) is 0 Å². The van der Waals surface area contributed by atoms with Gasteiger partial charge in [0.1, 0.15) is 5.75 Å². The molecule has 0 saturated carbocycles. The van der Waals surface area contributed by atoms with E-state index in [-0.39, 0.29) is 24.5 Å². The van der Waals surface area contributed by atoms with E-state index in [9.17, 15) is 9.59 Å². The number of carbonyl (C=O) groups excluding carboxylic acids is 2. The summed E-state index contributed by atoms with van der Waals surface area (Å²) in [6, 6.07) is 13.3. The zero-order valence-electron chi connectivity index (χ0n) is 15.4. The minimum Gasteiger partial charge on any atom is -0.482 e. The third-order valence-electron chi connectivity index (χ3n) is 4.60. The summed E-state index contributed by atoms with van der Waals surface area (Å²) < 4.78 is 5.54. The lowest BCUT2D eigenvalue weighted by molar-refractivity contribution is -0.121. The van der Waals surface area contributed by atoms with Crippen LogP contribution >= 0.6 is 0 Å². The van der Waals surface area contributed by atoms with Crippen LogP contribution in [0.2, 0.25) is 0 Å². The van der Waals surface area contributed by atoms with E-state index >= 15 is 0 Å². The average molecular weight is 352 g/mol. The van der Waals surface area contributed by atoms with Gasteiger partial charge in [0, 0.05) is 11.6 Å². The highest BCUT2D eigenvalue weighted by atomic mass is 16.5. The smallest absolute Gasteiger partial charge is 0.265 e. The molecule has 2 amide bonds. The molecule has 0 bridgehead atoms. The van der Waals surface area contributed by atoms with Gasteiger partial charge in [0.05, 0.1) is 12.2 Å². The molecule has 5 heteroatoms. The van der Waals surface area contributed by atoms with Gasteiger partial charge in [-0.2, -0.15) is 0 Å². The van der Waals surface area contributed by atoms with Gasteiger partial charge >= 0.3 is 0 Å². The summed E-state index contributed by atoms with van der Waals surface area (Å²) in [6.45, 7) is 6.51. The predicted octanol–water partition coefficient (Wildman–Crippen LogP) is 3.45. The quantitative estimate of drug-likeness (QED) is 0.897. The fourth-order valence-corrected chi connectivity index (χ4v) is 2.84. The Morgan fingerprint density at radius 2 is 1.96 bits per heavy atom. The van der Waals surface area contributed by atoms with Crippen LogP contribution in [0.1, 0.15) is 41.8 Å². The first-order chi connectivity index (χ1) is 12.5. The highest BCUT2D eigenvalue weighted by Gasteiger charge is 2.25. The number of fused-ring (bicyclic) bond motifs is 1. The topological polar surface area (TPSA) is 58.6 Å². The normalized spacial score (nSPS) is 14.4. The van der Waals surface area contributed by atoms with Crippen molar-refractivity contribution >= 4 is 17.5 Å². The largest absolute Gasteiger partial charge is 0.482 e. The molecule has 1 aliphatic heterocycles. The van der Waals surface area contributed by atoms with Gasteiger partial charge in [0.2, 0.25) is 0 Å². The van der Waals surface area contributed by atoms with E-state index in [1.54, 1.807) is 17.0 Å². The molecule has 3 rings (SSSR count). The maximum absolute atomic E-state index is 12.3. The van der Waals surface area contributed by atoms with Crippen molar-refractivity contribution in [1.29, 1.82) is 0 Å². The Labute approximate surface area is 154 Å². The molecule has 0 aliphatic carbocycles. The van der Waals surface area contributed by atoms with Gasteiger partial charge in [-0.25, -0.2) is 0 Å². The molecule has 0 fully saturated rings. The second kappa shape index (κ2) is 7.60. The van der Waals surface area contributed by atoms with E-state index in [0.717, 1.165) is 29.0 Å². The molecule has 2 aromatic carbocycles. The van der Waals surface area contributed by atoms with Crippen molar-refractivity contribution < 1.29 is 14.3 Å². The first kappa shape index (κ1) is 18.0.